The topological polar surface area (TPSA) is 87.8 Å². The fraction of sp³-hybridized carbons (Fsp3) is 0.526. The first-order valence-electron chi connectivity index (χ1n) is 9.97. The summed E-state index contributed by atoms with van der Waals surface area (Å²) in [5.74, 6) is 2.11. The van der Waals surface area contributed by atoms with Gasteiger partial charge in [0.2, 0.25) is 5.91 Å². The molecule has 0 radical (unpaired) electrons. The molecule has 1 aromatic carbocycles. The van der Waals surface area contributed by atoms with E-state index in [1.807, 2.05) is 18.2 Å². The van der Waals surface area contributed by atoms with Crippen molar-refractivity contribution in [2.75, 3.05) is 18.4 Å². The molecule has 5 rings (SSSR count). The molecule has 0 spiro atoms. The van der Waals surface area contributed by atoms with Crippen LogP contribution < -0.4 is 5.32 Å². The maximum absolute atomic E-state index is 12.8. The second kappa shape index (κ2) is 7.56. The predicted molar refractivity (Wildman–Crippen MR) is 108 cm³/mol. The van der Waals surface area contributed by atoms with Crippen molar-refractivity contribution >= 4 is 34.3 Å². The fourth-order valence-electron chi connectivity index (χ4n) is 4.34. The molecule has 1 atom stereocenters. The lowest BCUT2D eigenvalue weighted by Crippen LogP contribution is -2.34. The Morgan fingerprint density at radius 3 is 3.07 bits per heavy atom. The summed E-state index contributed by atoms with van der Waals surface area (Å²) in [6.45, 7) is 2.25. The first kappa shape index (κ1) is 17.7. The Labute approximate surface area is 167 Å². The van der Waals surface area contributed by atoms with E-state index in [9.17, 15) is 4.79 Å². The molecule has 3 aliphatic heterocycles. The van der Waals surface area contributed by atoms with Crippen LogP contribution in [0.2, 0.25) is 0 Å². The summed E-state index contributed by atoms with van der Waals surface area (Å²) in [7, 11) is 0. The quantitative estimate of drug-likeness (QED) is 0.730. The van der Waals surface area contributed by atoms with Crippen LogP contribution in [0.5, 0.6) is 0 Å². The summed E-state index contributed by atoms with van der Waals surface area (Å²) in [4.78, 5) is 15.0. The Balaban J connectivity index is 1.30. The molecule has 0 bridgehead atoms. The first-order valence-corrected chi connectivity index (χ1v) is 10.7. The number of hydrogen-bond donors (Lipinski definition) is 1. The van der Waals surface area contributed by atoms with Gasteiger partial charge in [-0.05, 0) is 44.4 Å². The number of nitrogens with one attached hydrogen (secondary N) is 1. The van der Waals surface area contributed by atoms with E-state index in [2.05, 4.69) is 33.7 Å². The molecule has 146 valence electrons. The van der Waals surface area contributed by atoms with Gasteiger partial charge < -0.3 is 9.88 Å². The minimum Gasteiger partial charge on any atom is -0.323 e. The Morgan fingerprint density at radius 2 is 2.11 bits per heavy atom. The van der Waals surface area contributed by atoms with E-state index in [1.165, 1.54) is 19.3 Å². The number of amides is 1. The van der Waals surface area contributed by atoms with Crippen LogP contribution in [0, 0.1) is 0 Å². The normalized spacial score (nSPS) is 21.1. The monoisotopic (exact) mass is 397 g/mol. The smallest absolute Gasteiger partial charge is 0.238 e. The van der Waals surface area contributed by atoms with Gasteiger partial charge >= 0.3 is 0 Å². The van der Waals surface area contributed by atoms with E-state index in [4.69, 9.17) is 0 Å². The standard InChI is InChI=1S/C19H23N7OS/c27-17(20-13-6-4-7-14-18(13)24-28-23-14)12-25-10-5-8-15(25)19-22-21-16-9-2-1-3-11-26(16)19/h4,6-7,15H,1-3,5,8-12H2,(H,20,27). The molecule has 0 saturated carbocycles. The van der Waals surface area contributed by atoms with Gasteiger partial charge in [-0.15, -0.1) is 10.2 Å². The van der Waals surface area contributed by atoms with Crippen molar-refractivity contribution in [3.8, 4) is 0 Å². The average molecular weight is 398 g/mol. The lowest BCUT2D eigenvalue weighted by atomic mass is 10.2. The summed E-state index contributed by atoms with van der Waals surface area (Å²) in [5, 5.41) is 12.0. The van der Waals surface area contributed by atoms with Crippen LogP contribution in [-0.4, -0.2) is 38.7 Å². The highest BCUT2D eigenvalue weighted by Crippen LogP contribution is 2.38. The highest BCUT2D eigenvalue weighted by Gasteiger charge is 2.32. The molecule has 1 N–H and O–H groups in total. The van der Waals surface area contributed by atoms with E-state index in [-0.39, 0.29) is 11.9 Å². The largest absolute Gasteiger partial charge is 0.323 e. The Bertz CT molecular complexity index is 979. The highest BCUT2D eigenvalue weighted by atomic mass is 32.1. The SMILES string of the molecule is O=C(CN1CCCC1c1nnc2n1CCCCC2)Nc1cccc2c1N=S=N2. The van der Waals surface area contributed by atoms with Gasteiger partial charge in [-0.3, -0.25) is 9.69 Å². The van der Waals surface area contributed by atoms with Crippen LogP contribution in [0.4, 0.5) is 17.1 Å². The van der Waals surface area contributed by atoms with Gasteiger partial charge in [-0.2, -0.15) is 8.73 Å². The molecular formula is C19H23N7OS. The van der Waals surface area contributed by atoms with Gasteiger partial charge in [-0.25, -0.2) is 0 Å². The van der Waals surface area contributed by atoms with Gasteiger partial charge in [0.1, 0.15) is 23.0 Å². The summed E-state index contributed by atoms with van der Waals surface area (Å²) < 4.78 is 10.8. The molecule has 9 heteroatoms. The number of aromatic nitrogens is 3. The molecule has 3 aliphatic rings. The van der Waals surface area contributed by atoms with Gasteiger partial charge in [0.15, 0.2) is 0 Å². The number of carbonyl (C=O) groups is 1. The molecule has 1 aromatic heterocycles. The molecule has 1 fully saturated rings. The van der Waals surface area contributed by atoms with E-state index < -0.39 is 0 Å². The van der Waals surface area contributed by atoms with Crippen LogP contribution in [0.3, 0.4) is 0 Å². The lowest BCUT2D eigenvalue weighted by molar-refractivity contribution is -0.117. The molecule has 4 heterocycles. The lowest BCUT2D eigenvalue weighted by Gasteiger charge is -2.24. The van der Waals surface area contributed by atoms with Crippen molar-refractivity contribution in [1.29, 1.82) is 0 Å². The highest BCUT2D eigenvalue weighted by molar-refractivity contribution is 7.58. The maximum Gasteiger partial charge on any atom is 0.238 e. The van der Waals surface area contributed by atoms with Crippen molar-refractivity contribution in [3.63, 3.8) is 0 Å². The first-order chi connectivity index (χ1) is 13.8. The number of nitrogens with zero attached hydrogens (tertiary/aromatic N) is 6. The van der Waals surface area contributed by atoms with Crippen LogP contribution in [0.1, 0.15) is 49.8 Å². The van der Waals surface area contributed by atoms with Crippen LogP contribution >= 0.6 is 0 Å². The molecule has 1 saturated heterocycles. The van der Waals surface area contributed by atoms with E-state index in [0.717, 1.165) is 72.4 Å². The number of likely N-dealkylation sites (tertiary alicyclic amines) is 1. The second-order valence-corrected chi connectivity index (χ2v) is 8.08. The van der Waals surface area contributed by atoms with Gasteiger partial charge in [-0.1, -0.05) is 12.5 Å². The molecular weight excluding hydrogens is 374 g/mol. The zero-order valence-corrected chi connectivity index (χ0v) is 16.5. The summed E-state index contributed by atoms with van der Waals surface area (Å²) in [6.07, 6.45) is 6.72. The Hall–Kier alpha value is -2.39. The number of aryl methyl sites for hydroxylation is 1. The minimum atomic E-state index is -0.0250. The molecule has 0 aliphatic carbocycles. The summed E-state index contributed by atoms with van der Waals surface area (Å²) >= 11 is 1.16. The number of anilines is 1. The molecule has 1 unspecified atom stereocenters. The van der Waals surface area contributed by atoms with E-state index in [0.29, 0.717) is 6.54 Å². The van der Waals surface area contributed by atoms with E-state index >= 15 is 0 Å². The van der Waals surface area contributed by atoms with Crippen molar-refractivity contribution in [2.24, 2.45) is 8.73 Å². The predicted octanol–water partition coefficient (Wildman–Crippen LogP) is 3.51. The molecule has 8 nitrogen and oxygen atoms in total. The number of rotatable bonds is 4. The zero-order chi connectivity index (χ0) is 18.9. The second-order valence-electron chi connectivity index (χ2n) is 7.55. The maximum atomic E-state index is 12.8. The summed E-state index contributed by atoms with van der Waals surface area (Å²) in [6, 6.07) is 5.84. The number of hydrogen-bond acceptors (Lipinski definition) is 6. The van der Waals surface area contributed by atoms with Crippen molar-refractivity contribution in [3.05, 3.63) is 29.8 Å². The van der Waals surface area contributed by atoms with Crippen molar-refractivity contribution in [2.45, 2.75) is 51.1 Å². The number of fused-ring (bicyclic) bond motifs is 2. The third kappa shape index (κ3) is 3.29. The van der Waals surface area contributed by atoms with E-state index in [1.54, 1.807) is 0 Å². The third-order valence-corrected chi connectivity index (χ3v) is 6.25. The minimum absolute atomic E-state index is 0.0250. The van der Waals surface area contributed by atoms with Gasteiger partial charge in [0.05, 0.1) is 29.6 Å². The van der Waals surface area contributed by atoms with Crippen molar-refractivity contribution in [1.82, 2.24) is 19.7 Å². The van der Waals surface area contributed by atoms with Crippen LogP contribution in [0.25, 0.3) is 0 Å². The van der Waals surface area contributed by atoms with Gasteiger partial charge in [0, 0.05) is 13.0 Å². The Kier molecular flexibility index (Phi) is 4.77. The van der Waals surface area contributed by atoms with Crippen molar-refractivity contribution < 1.29 is 4.79 Å². The molecule has 2 aromatic rings. The number of benzene rings is 1. The zero-order valence-electron chi connectivity index (χ0n) is 15.7. The van der Waals surface area contributed by atoms with Crippen LogP contribution in [0.15, 0.2) is 26.9 Å². The average Bonchev–Trinajstić information content (AvgIpc) is 3.39. The number of carbonyl (C=O) groups excluding carboxylic acids is 1. The van der Waals surface area contributed by atoms with Gasteiger partial charge in [0.25, 0.3) is 0 Å². The molecule has 28 heavy (non-hydrogen) atoms. The fourth-order valence-corrected chi connectivity index (χ4v) is 4.89. The van der Waals surface area contributed by atoms with Crippen LogP contribution in [-0.2, 0) is 29.1 Å². The Morgan fingerprint density at radius 1 is 1.14 bits per heavy atom. The third-order valence-electron chi connectivity index (χ3n) is 5.71. The summed E-state index contributed by atoms with van der Waals surface area (Å²) in [5.41, 5.74) is 2.29. The molecule has 1 amide bonds.